The van der Waals surface area contributed by atoms with Crippen LogP contribution in [-0.4, -0.2) is 53.5 Å². The Hall–Kier alpha value is -1.92. The summed E-state index contributed by atoms with van der Waals surface area (Å²) in [7, 11) is 1.53. The van der Waals surface area contributed by atoms with E-state index in [0.29, 0.717) is 19.5 Å². The molecule has 1 fully saturated rings. The van der Waals surface area contributed by atoms with Gasteiger partial charge in [-0.25, -0.2) is 9.59 Å². The first-order valence-electron chi connectivity index (χ1n) is 8.53. The first-order valence-corrected chi connectivity index (χ1v) is 8.53. The van der Waals surface area contributed by atoms with Gasteiger partial charge in [0.15, 0.2) is 0 Å². The number of hydrogen-bond acceptors (Lipinski definition) is 4. The van der Waals surface area contributed by atoms with Gasteiger partial charge in [0.2, 0.25) is 0 Å². The maximum atomic E-state index is 12.0. The Labute approximate surface area is 150 Å². The van der Waals surface area contributed by atoms with Crippen molar-refractivity contribution in [3.8, 4) is 0 Å². The molecule has 0 aromatic rings. The molecule has 0 spiro atoms. The van der Waals surface area contributed by atoms with Gasteiger partial charge in [-0.05, 0) is 38.7 Å². The Morgan fingerprint density at radius 3 is 2.32 bits per heavy atom. The standard InChI is InChI=1S/C18H32N2O5/c1-16(2,3)18(9-11-24-7)13(8-10-20(18)15(22)23)12-19-14(21)25-17(4,5)6/h9,11,13H,8,10,12H2,1-7H3,(H,19,21)(H,22,23)/t13-,18-/m0/s1. The lowest BCUT2D eigenvalue weighted by Crippen LogP contribution is -2.59. The van der Waals surface area contributed by atoms with Gasteiger partial charge in [0.25, 0.3) is 0 Å². The molecule has 144 valence electrons. The van der Waals surface area contributed by atoms with E-state index in [4.69, 9.17) is 9.47 Å². The summed E-state index contributed by atoms with van der Waals surface area (Å²) in [5, 5.41) is 12.5. The smallest absolute Gasteiger partial charge is 0.408 e. The fourth-order valence-electron chi connectivity index (χ4n) is 3.61. The highest BCUT2D eigenvalue weighted by Gasteiger charge is 2.56. The van der Waals surface area contributed by atoms with Gasteiger partial charge in [-0.15, -0.1) is 0 Å². The largest absolute Gasteiger partial charge is 0.505 e. The second-order valence-corrected chi connectivity index (χ2v) is 8.42. The van der Waals surface area contributed by atoms with Crippen molar-refractivity contribution in [2.24, 2.45) is 11.3 Å². The maximum Gasteiger partial charge on any atom is 0.408 e. The van der Waals surface area contributed by atoms with Crippen LogP contribution in [0.15, 0.2) is 12.3 Å². The molecule has 2 N–H and O–H groups in total. The molecule has 2 atom stereocenters. The number of alkyl carbamates (subject to hydrolysis) is 1. The Kier molecular flexibility index (Phi) is 6.37. The maximum absolute atomic E-state index is 12.0. The average molecular weight is 356 g/mol. The van der Waals surface area contributed by atoms with Crippen molar-refractivity contribution in [3.05, 3.63) is 12.3 Å². The summed E-state index contributed by atoms with van der Waals surface area (Å²) in [6.07, 6.45) is 2.49. The number of carboxylic acid groups (broad SMARTS) is 1. The van der Waals surface area contributed by atoms with Gasteiger partial charge in [0.1, 0.15) is 5.60 Å². The van der Waals surface area contributed by atoms with Crippen LogP contribution >= 0.6 is 0 Å². The third kappa shape index (κ3) is 4.80. The minimum atomic E-state index is -0.976. The fourth-order valence-corrected chi connectivity index (χ4v) is 3.61. The van der Waals surface area contributed by atoms with Gasteiger partial charge in [-0.2, -0.15) is 0 Å². The first kappa shape index (κ1) is 21.1. The quantitative estimate of drug-likeness (QED) is 0.753. The van der Waals surface area contributed by atoms with Crippen LogP contribution in [0.5, 0.6) is 0 Å². The van der Waals surface area contributed by atoms with Gasteiger partial charge in [-0.1, -0.05) is 20.8 Å². The van der Waals surface area contributed by atoms with E-state index in [1.165, 1.54) is 18.3 Å². The monoisotopic (exact) mass is 356 g/mol. The molecule has 2 amide bonds. The number of carbonyl (C=O) groups excluding carboxylic acids is 1. The van der Waals surface area contributed by atoms with Gasteiger partial charge < -0.3 is 19.9 Å². The summed E-state index contributed by atoms with van der Waals surface area (Å²) < 4.78 is 10.4. The topological polar surface area (TPSA) is 88.1 Å². The molecule has 0 unspecified atom stereocenters. The van der Waals surface area contributed by atoms with E-state index in [1.54, 1.807) is 26.8 Å². The summed E-state index contributed by atoms with van der Waals surface area (Å²) in [5.41, 5.74) is -1.76. The number of methoxy groups -OCH3 is 1. The number of hydrogen-bond donors (Lipinski definition) is 2. The molecule has 0 aromatic carbocycles. The molecule has 0 aliphatic carbocycles. The van der Waals surface area contributed by atoms with Crippen molar-refractivity contribution in [3.63, 3.8) is 0 Å². The van der Waals surface area contributed by atoms with E-state index >= 15 is 0 Å². The van der Waals surface area contributed by atoms with Crippen LogP contribution in [0, 0.1) is 11.3 Å². The van der Waals surface area contributed by atoms with Gasteiger partial charge >= 0.3 is 12.2 Å². The number of likely N-dealkylation sites (tertiary alicyclic amines) is 1. The van der Waals surface area contributed by atoms with Crippen molar-refractivity contribution in [1.82, 2.24) is 10.2 Å². The molecule has 1 aliphatic heterocycles. The molecule has 0 bridgehead atoms. The minimum absolute atomic E-state index is 0.0949. The SMILES string of the molecule is COC=C[C@@]1(C(C)(C)C)[C@H](CNC(=O)OC(C)(C)C)CCN1C(=O)O. The number of amides is 2. The molecular weight excluding hydrogens is 324 g/mol. The third-order valence-electron chi connectivity index (χ3n) is 4.55. The van der Waals surface area contributed by atoms with Crippen molar-refractivity contribution in [2.45, 2.75) is 59.1 Å². The normalized spacial score (nSPS) is 24.4. The predicted molar refractivity (Wildman–Crippen MR) is 95.4 cm³/mol. The summed E-state index contributed by atoms with van der Waals surface area (Å²) in [6, 6.07) is 0. The number of nitrogens with one attached hydrogen (secondary N) is 1. The van der Waals surface area contributed by atoms with E-state index in [1.807, 2.05) is 20.8 Å². The van der Waals surface area contributed by atoms with Gasteiger partial charge in [0.05, 0.1) is 18.9 Å². The molecule has 25 heavy (non-hydrogen) atoms. The summed E-state index contributed by atoms with van der Waals surface area (Å²) in [6.45, 7) is 12.1. The number of ether oxygens (including phenoxy) is 2. The molecule has 1 heterocycles. The average Bonchev–Trinajstić information content (AvgIpc) is 2.80. The molecule has 0 radical (unpaired) electrons. The fraction of sp³-hybridized carbons (Fsp3) is 0.778. The highest BCUT2D eigenvalue weighted by molar-refractivity contribution is 5.69. The van der Waals surface area contributed by atoms with Crippen LogP contribution in [0.25, 0.3) is 0 Å². The Morgan fingerprint density at radius 2 is 1.88 bits per heavy atom. The van der Waals surface area contributed by atoms with E-state index in [2.05, 4.69) is 5.32 Å². The lowest BCUT2D eigenvalue weighted by Gasteiger charge is -2.48. The van der Waals surface area contributed by atoms with Crippen LogP contribution in [0.1, 0.15) is 48.0 Å². The zero-order valence-electron chi connectivity index (χ0n) is 16.4. The van der Waals surface area contributed by atoms with Crippen molar-refractivity contribution >= 4 is 12.2 Å². The second kappa shape index (κ2) is 7.54. The number of rotatable bonds is 4. The van der Waals surface area contributed by atoms with Crippen molar-refractivity contribution in [1.29, 1.82) is 0 Å². The molecule has 1 rings (SSSR count). The summed E-state index contributed by atoms with van der Waals surface area (Å²) in [5.74, 6) is -0.0949. The van der Waals surface area contributed by atoms with E-state index in [0.717, 1.165) is 0 Å². The highest BCUT2D eigenvalue weighted by Crippen LogP contribution is 2.48. The molecule has 7 heteroatoms. The lowest BCUT2D eigenvalue weighted by atomic mass is 9.66. The first-order chi connectivity index (χ1) is 11.3. The Bertz CT molecular complexity index is 519. The van der Waals surface area contributed by atoms with Crippen LogP contribution in [0.4, 0.5) is 9.59 Å². The molecule has 1 aliphatic rings. The predicted octanol–water partition coefficient (Wildman–Crippen LogP) is 3.46. The molecule has 1 saturated heterocycles. The van der Waals surface area contributed by atoms with Gasteiger partial charge in [0, 0.05) is 19.0 Å². The Morgan fingerprint density at radius 1 is 1.28 bits per heavy atom. The van der Waals surface area contributed by atoms with Crippen molar-refractivity contribution in [2.75, 3.05) is 20.2 Å². The highest BCUT2D eigenvalue weighted by atomic mass is 16.6. The molecule has 7 nitrogen and oxygen atoms in total. The summed E-state index contributed by atoms with van der Waals surface area (Å²) in [4.78, 5) is 25.3. The molecule has 0 aromatic heterocycles. The van der Waals surface area contributed by atoms with Crippen LogP contribution in [-0.2, 0) is 9.47 Å². The number of carbonyl (C=O) groups is 2. The molecule has 0 saturated carbocycles. The van der Waals surface area contributed by atoms with E-state index < -0.39 is 28.7 Å². The van der Waals surface area contributed by atoms with Crippen LogP contribution in [0.2, 0.25) is 0 Å². The van der Waals surface area contributed by atoms with Crippen LogP contribution in [0.3, 0.4) is 0 Å². The zero-order valence-corrected chi connectivity index (χ0v) is 16.4. The van der Waals surface area contributed by atoms with Crippen molar-refractivity contribution < 1.29 is 24.2 Å². The third-order valence-corrected chi connectivity index (χ3v) is 4.55. The Balaban J connectivity index is 3.09. The number of nitrogens with zero attached hydrogens (tertiary/aromatic N) is 1. The van der Waals surface area contributed by atoms with E-state index in [-0.39, 0.29) is 5.92 Å². The zero-order chi connectivity index (χ0) is 19.5. The van der Waals surface area contributed by atoms with E-state index in [9.17, 15) is 14.7 Å². The van der Waals surface area contributed by atoms with Gasteiger partial charge in [-0.3, -0.25) is 4.90 Å². The molecular formula is C18H32N2O5. The van der Waals surface area contributed by atoms with Crippen LogP contribution < -0.4 is 5.32 Å². The summed E-state index contributed by atoms with van der Waals surface area (Å²) >= 11 is 0. The lowest BCUT2D eigenvalue weighted by molar-refractivity contribution is 0.0323. The minimum Gasteiger partial charge on any atom is -0.505 e. The second-order valence-electron chi connectivity index (χ2n) is 8.42.